The molecule has 23 heavy (non-hydrogen) atoms. The molecule has 0 amide bonds. The van der Waals surface area contributed by atoms with Crippen molar-refractivity contribution in [3.63, 3.8) is 0 Å². The van der Waals surface area contributed by atoms with E-state index in [1.165, 1.54) is 0 Å². The van der Waals surface area contributed by atoms with Crippen molar-refractivity contribution >= 4 is 17.0 Å². The number of nitrogens with zero attached hydrogens (tertiary/aromatic N) is 2. The molecule has 5 nitrogen and oxygen atoms in total. The van der Waals surface area contributed by atoms with Gasteiger partial charge in [-0.15, -0.1) is 0 Å². The van der Waals surface area contributed by atoms with E-state index in [4.69, 9.17) is 9.84 Å². The van der Waals surface area contributed by atoms with Gasteiger partial charge in [0, 0.05) is 13.5 Å². The molecule has 0 spiro atoms. The van der Waals surface area contributed by atoms with E-state index in [9.17, 15) is 4.79 Å². The first kappa shape index (κ1) is 15.1. The van der Waals surface area contributed by atoms with Crippen LogP contribution in [0.1, 0.15) is 17.0 Å². The zero-order chi connectivity index (χ0) is 16.4. The van der Waals surface area contributed by atoms with E-state index >= 15 is 0 Å². The number of hydrogen-bond donors (Lipinski definition) is 1. The number of aryl methyl sites for hydroxylation is 1. The third kappa shape index (κ3) is 3.18. The van der Waals surface area contributed by atoms with Crippen LogP contribution in [-0.2, 0) is 24.7 Å². The van der Waals surface area contributed by atoms with Crippen molar-refractivity contribution in [1.82, 2.24) is 9.55 Å². The minimum atomic E-state index is -0.835. The fourth-order valence-corrected chi connectivity index (χ4v) is 2.66. The fourth-order valence-electron chi connectivity index (χ4n) is 2.66. The summed E-state index contributed by atoms with van der Waals surface area (Å²) in [4.78, 5) is 15.5. The number of rotatable bonds is 5. The summed E-state index contributed by atoms with van der Waals surface area (Å²) in [5, 5.41) is 8.90. The second-order valence-corrected chi connectivity index (χ2v) is 5.51. The molecule has 0 aliphatic carbocycles. The normalized spacial score (nSPS) is 10.9. The number of aromatic nitrogens is 2. The van der Waals surface area contributed by atoms with Crippen LogP contribution in [0, 0.1) is 0 Å². The predicted molar refractivity (Wildman–Crippen MR) is 87.9 cm³/mol. The first-order valence-corrected chi connectivity index (χ1v) is 7.36. The Balaban J connectivity index is 1.90. The molecule has 0 bridgehead atoms. The molecule has 5 heteroatoms. The van der Waals surface area contributed by atoms with Crippen LogP contribution in [0.4, 0.5) is 0 Å². The Bertz CT molecular complexity index is 851. The van der Waals surface area contributed by atoms with Gasteiger partial charge in [-0.3, -0.25) is 4.79 Å². The molecule has 1 heterocycles. The van der Waals surface area contributed by atoms with Gasteiger partial charge in [0.15, 0.2) is 0 Å². The second-order valence-electron chi connectivity index (χ2n) is 5.51. The highest BCUT2D eigenvalue weighted by Gasteiger charge is 2.10. The topological polar surface area (TPSA) is 64.3 Å². The summed E-state index contributed by atoms with van der Waals surface area (Å²) in [7, 11) is 3.63. The zero-order valence-corrected chi connectivity index (χ0v) is 13.1. The second kappa shape index (κ2) is 6.12. The summed E-state index contributed by atoms with van der Waals surface area (Å²) < 4.78 is 7.21. The largest absolute Gasteiger partial charge is 0.497 e. The number of methoxy groups -OCH3 is 1. The quantitative estimate of drug-likeness (QED) is 0.787. The van der Waals surface area contributed by atoms with Crippen LogP contribution in [0.5, 0.6) is 5.75 Å². The molecule has 0 fully saturated rings. The molecule has 1 aromatic heterocycles. The number of carboxylic acids is 1. The van der Waals surface area contributed by atoms with E-state index in [0.29, 0.717) is 6.42 Å². The fraction of sp³-hybridized carbons (Fsp3) is 0.222. The van der Waals surface area contributed by atoms with E-state index in [-0.39, 0.29) is 6.42 Å². The maximum absolute atomic E-state index is 10.8. The molecule has 0 aliphatic heterocycles. The van der Waals surface area contributed by atoms with Crippen LogP contribution >= 0.6 is 0 Å². The lowest BCUT2D eigenvalue weighted by molar-refractivity contribution is -0.136. The molecule has 0 saturated carbocycles. The standard InChI is InChI=1S/C18H18N2O3/c1-20-16-8-5-13(11-18(21)22)9-15(16)19-17(20)10-12-3-6-14(23-2)7-4-12/h3-9H,10-11H2,1-2H3,(H,21,22). The highest BCUT2D eigenvalue weighted by atomic mass is 16.5. The zero-order valence-electron chi connectivity index (χ0n) is 13.1. The molecule has 0 radical (unpaired) electrons. The van der Waals surface area contributed by atoms with E-state index in [1.54, 1.807) is 7.11 Å². The summed E-state index contributed by atoms with van der Waals surface area (Å²) in [6.45, 7) is 0. The molecule has 118 valence electrons. The maximum Gasteiger partial charge on any atom is 0.307 e. The third-order valence-electron chi connectivity index (χ3n) is 3.91. The van der Waals surface area contributed by atoms with Gasteiger partial charge in [-0.25, -0.2) is 4.98 Å². The lowest BCUT2D eigenvalue weighted by Crippen LogP contribution is -2.00. The first-order valence-electron chi connectivity index (χ1n) is 7.36. The van der Waals surface area contributed by atoms with Crippen LogP contribution in [0.25, 0.3) is 11.0 Å². The summed E-state index contributed by atoms with van der Waals surface area (Å²) in [6, 6.07) is 13.5. The van der Waals surface area contributed by atoms with E-state index < -0.39 is 5.97 Å². The highest BCUT2D eigenvalue weighted by molar-refractivity contribution is 5.79. The van der Waals surface area contributed by atoms with Gasteiger partial charge in [-0.05, 0) is 35.4 Å². The van der Waals surface area contributed by atoms with E-state index in [0.717, 1.165) is 33.7 Å². The van der Waals surface area contributed by atoms with Crippen molar-refractivity contribution in [3.8, 4) is 5.75 Å². The Morgan fingerprint density at radius 3 is 2.52 bits per heavy atom. The molecule has 0 saturated heterocycles. The molecule has 2 aromatic carbocycles. The Labute approximate surface area is 134 Å². The number of ether oxygens (including phenoxy) is 1. The molecule has 0 aliphatic rings. The molecular formula is C18H18N2O3. The number of hydrogen-bond acceptors (Lipinski definition) is 3. The average Bonchev–Trinajstić information content (AvgIpc) is 2.83. The van der Waals surface area contributed by atoms with Crippen molar-refractivity contribution in [2.45, 2.75) is 12.8 Å². The number of fused-ring (bicyclic) bond motifs is 1. The van der Waals surface area contributed by atoms with Gasteiger partial charge in [-0.2, -0.15) is 0 Å². The number of benzene rings is 2. The van der Waals surface area contributed by atoms with Gasteiger partial charge in [0.25, 0.3) is 0 Å². The molecular weight excluding hydrogens is 292 g/mol. The molecule has 3 rings (SSSR count). The van der Waals surface area contributed by atoms with Crippen LogP contribution in [-0.4, -0.2) is 27.7 Å². The van der Waals surface area contributed by atoms with Crippen molar-refractivity contribution < 1.29 is 14.6 Å². The third-order valence-corrected chi connectivity index (χ3v) is 3.91. The molecule has 3 aromatic rings. The van der Waals surface area contributed by atoms with Gasteiger partial charge in [0.05, 0.1) is 24.6 Å². The molecule has 0 unspecified atom stereocenters. The summed E-state index contributed by atoms with van der Waals surface area (Å²) >= 11 is 0. The van der Waals surface area contributed by atoms with Crippen LogP contribution in [0.15, 0.2) is 42.5 Å². The Kier molecular flexibility index (Phi) is 4.02. The number of carbonyl (C=O) groups is 1. The van der Waals surface area contributed by atoms with Crippen molar-refractivity contribution in [3.05, 3.63) is 59.4 Å². The Hall–Kier alpha value is -2.82. The van der Waals surface area contributed by atoms with Gasteiger partial charge in [0.2, 0.25) is 0 Å². The molecule has 1 N–H and O–H groups in total. The minimum Gasteiger partial charge on any atom is -0.497 e. The number of imidazole rings is 1. The van der Waals surface area contributed by atoms with E-state index in [2.05, 4.69) is 4.98 Å². The van der Waals surface area contributed by atoms with Gasteiger partial charge in [-0.1, -0.05) is 18.2 Å². The van der Waals surface area contributed by atoms with Gasteiger partial charge < -0.3 is 14.4 Å². The van der Waals surface area contributed by atoms with E-state index in [1.807, 2.05) is 54.1 Å². The first-order chi connectivity index (χ1) is 11.1. The van der Waals surface area contributed by atoms with Crippen LogP contribution < -0.4 is 4.74 Å². The SMILES string of the molecule is COc1ccc(Cc2nc3cc(CC(=O)O)ccc3n2C)cc1. The monoisotopic (exact) mass is 310 g/mol. The summed E-state index contributed by atoms with van der Waals surface area (Å²) in [6.07, 6.45) is 0.726. The van der Waals surface area contributed by atoms with Gasteiger partial charge in [0.1, 0.15) is 11.6 Å². The van der Waals surface area contributed by atoms with Gasteiger partial charge >= 0.3 is 5.97 Å². The smallest absolute Gasteiger partial charge is 0.307 e. The molecule has 0 atom stereocenters. The predicted octanol–water partition coefficient (Wildman–Crippen LogP) is 2.80. The summed E-state index contributed by atoms with van der Waals surface area (Å²) in [5.41, 5.74) is 3.74. The summed E-state index contributed by atoms with van der Waals surface area (Å²) in [5.74, 6) is 0.938. The van der Waals surface area contributed by atoms with Crippen molar-refractivity contribution in [2.75, 3.05) is 7.11 Å². The highest BCUT2D eigenvalue weighted by Crippen LogP contribution is 2.20. The van der Waals surface area contributed by atoms with Crippen molar-refractivity contribution in [2.24, 2.45) is 7.05 Å². The maximum atomic E-state index is 10.8. The minimum absolute atomic E-state index is 0.0142. The number of carboxylic acid groups (broad SMARTS) is 1. The van der Waals surface area contributed by atoms with Crippen molar-refractivity contribution in [1.29, 1.82) is 0 Å². The Morgan fingerprint density at radius 2 is 1.87 bits per heavy atom. The van der Waals surface area contributed by atoms with Crippen LogP contribution in [0.3, 0.4) is 0 Å². The Morgan fingerprint density at radius 1 is 1.17 bits per heavy atom. The number of aliphatic carboxylic acids is 1. The van der Waals surface area contributed by atoms with Crippen LogP contribution in [0.2, 0.25) is 0 Å². The lowest BCUT2D eigenvalue weighted by Gasteiger charge is -2.04. The average molecular weight is 310 g/mol. The lowest BCUT2D eigenvalue weighted by atomic mass is 10.1.